The number of hydrogen-bond donors (Lipinski definition) is 0. The molecular weight excluding hydrogens is 611 g/mol. The van der Waals surface area contributed by atoms with Gasteiger partial charge in [-0.1, -0.05) is 133 Å². The number of hydrogen-bond acceptors (Lipinski definition) is 3. The van der Waals surface area contributed by atoms with E-state index >= 15 is 0 Å². The summed E-state index contributed by atoms with van der Waals surface area (Å²) in [7, 11) is 0. The predicted octanol–water partition coefficient (Wildman–Crippen LogP) is 11.1. The fourth-order valence-corrected chi connectivity index (χ4v) is 7.65. The van der Waals surface area contributed by atoms with Crippen LogP contribution in [-0.4, -0.2) is 20.6 Å². The highest BCUT2D eigenvalue weighted by Crippen LogP contribution is 2.49. The molecule has 50 heavy (non-hydrogen) atoms. The average molecular weight is 642 g/mol. The Bertz CT molecular complexity index is 2560. The third-order valence-electron chi connectivity index (χ3n) is 10.00. The molecule has 0 amide bonds. The number of allylic oxidation sites excluding steroid dienone is 2. The third kappa shape index (κ3) is 4.68. The fraction of sp³-hybridized carbons (Fsp3) is 0.0435. The Kier molecular flexibility index (Phi) is 6.59. The first-order valence-electron chi connectivity index (χ1n) is 17.1. The Labute approximate surface area is 290 Å². The standard InChI is InChI=1S/C46H31N3O/c1-4-13-30(14-5-1)33-23-26-42-38(27-33)35-19-10-11-21-41(35)49(42)34-24-25-37-44(28-34)50-43-22-12-20-36(45(37)43)40-29-39(31-15-6-2-7-16-31)47-46(48-40)32-17-8-3-9-18-32/h1-29,43,45H. The minimum atomic E-state index is -0.123. The second kappa shape index (κ2) is 11.6. The lowest BCUT2D eigenvalue weighted by Gasteiger charge is -2.23. The molecule has 2 atom stereocenters. The summed E-state index contributed by atoms with van der Waals surface area (Å²) >= 11 is 0. The normalized spacial score (nSPS) is 16.2. The monoisotopic (exact) mass is 641 g/mol. The summed E-state index contributed by atoms with van der Waals surface area (Å²) in [6.07, 6.45) is 6.34. The van der Waals surface area contributed by atoms with Crippen LogP contribution in [0.3, 0.4) is 0 Å². The van der Waals surface area contributed by atoms with E-state index in [-0.39, 0.29) is 12.0 Å². The Morgan fingerprint density at radius 3 is 2.00 bits per heavy atom. The van der Waals surface area contributed by atoms with Crippen molar-refractivity contribution in [3.8, 4) is 45.2 Å². The van der Waals surface area contributed by atoms with Gasteiger partial charge in [-0.15, -0.1) is 0 Å². The first kappa shape index (κ1) is 28.5. The van der Waals surface area contributed by atoms with Crippen molar-refractivity contribution in [2.45, 2.75) is 12.0 Å². The van der Waals surface area contributed by atoms with Gasteiger partial charge in [0.15, 0.2) is 5.82 Å². The minimum absolute atomic E-state index is 0.0118. The topological polar surface area (TPSA) is 39.9 Å². The number of para-hydroxylation sites is 1. The zero-order chi connectivity index (χ0) is 33.0. The largest absolute Gasteiger partial charge is 0.485 e. The van der Waals surface area contributed by atoms with Gasteiger partial charge in [0.05, 0.1) is 28.3 Å². The van der Waals surface area contributed by atoms with Crippen LogP contribution in [0, 0.1) is 0 Å². The van der Waals surface area contributed by atoms with Gasteiger partial charge in [0.1, 0.15) is 11.9 Å². The highest BCUT2D eigenvalue weighted by atomic mass is 16.5. The molecule has 2 unspecified atom stereocenters. The van der Waals surface area contributed by atoms with Gasteiger partial charge >= 0.3 is 0 Å². The summed E-state index contributed by atoms with van der Waals surface area (Å²) in [5, 5.41) is 2.47. The molecule has 0 N–H and O–H groups in total. The van der Waals surface area contributed by atoms with Crippen LogP contribution < -0.4 is 4.74 Å². The van der Waals surface area contributed by atoms with E-state index in [1.54, 1.807) is 0 Å². The van der Waals surface area contributed by atoms with Crippen molar-refractivity contribution in [2.24, 2.45) is 0 Å². The molecule has 1 aliphatic carbocycles. The molecule has 2 aliphatic rings. The molecule has 6 aromatic carbocycles. The Morgan fingerprint density at radius 2 is 1.20 bits per heavy atom. The summed E-state index contributed by atoms with van der Waals surface area (Å²) < 4.78 is 9.11. The van der Waals surface area contributed by atoms with Crippen molar-refractivity contribution in [3.63, 3.8) is 0 Å². The van der Waals surface area contributed by atoms with E-state index < -0.39 is 0 Å². The zero-order valence-corrected chi connectivity index (χ0v) is 27.1. The smallest absolute Gasteiger partial charge is 0.160 e. The van der Waals surface area contributed by atoms with Gasteiger partial charge in [-0.3, -0.25) is 0 Å². The lowest BCUT2D eigenvalue weighted by molar-refractivity contribution is 0.271. The molecule has 8 aromatic rings. The molecule has 0 saturated carbocycles. The lowest BCUT2D eigenvalue weighted by Crippen LogP contribution is -2.20. The lowest BCUT2D eigenvalue weighted by atomic mass is 9.82. The molecule has 0 radical (unpaired) electrons. The van der Waals surface area contributed by atoms with Gasteiger partial charge in [-0.2, -0.15) is 0 Å². The van der Waals surface area contributed by atoms with Gasteiger partial charge in [-0.25, -0.2) is 9.97 Å². The Balaban J connectivity index is 1.08. The quantitative estimate of drug-likeness (QED) is 0.188. The molecule has 0 spiro atoms. The highest BCUT2D eigenvalue weighted by Gasteiger charge is 2.38. The molecule has 4 heteroatoms. The van der Waals surface area contributed by atoms with Crippen LogP contribution in [0.2, 0.25) is 0 Å². The maximum atomic E-state index is 6.75. The molecule has 0 bridgehead atoms. The summed E-state index contributed by atoms with van der Waals surface area (Å²) in [4.78, 5) is 10.2. The SMILES string of the molecule is C1=CC2Oc3cc(-n4c5ccccc5c5cc(-c6ccccc6)ccc54)ccc3C2C(c2cc(-c3ccccc3)nc(-c3ccccc3)n2)=C1. The van der Waals surface area contributed by atoms with Crippen LogP contribution in [0.1, 0.15) is 17.2 Å². The molecule has 236 valence electrons. The summed E-state index contributed by atoms with van der Waals surface area (Å²) in [5.74, 6) is 1.63. The number of rotatable bonds is 5. The number of aromatic nitrogens is 3. The van der Waals surface area contributed by atoms with E-state index in [2.05, 4.69) is 156 Å². The molecule has 0 fully saturated rings. The summed E-state index contributed by atoms with van der Waals surface area (Å²) in [6, 6.07) is 55.4. The third-order valence-corrected chi connectivity index (χ3v) is 10.00. The molecule has 1 aliphatic heterocycles. The van der Waals surface area contributed by atoms with Crippen LogP contribution in [-0.2, 0) is 0 Å². The van der Waals surface area contributed by atoms with Gasteiger partial charge in [0.2, 0.25) is 0 Å². The Morgan fingerprint density at radius 1 is 0.520 bits per heavy atom. The van der Waals surface area contributed by atoms with E-state index in [1.165, 1.54) is 38.5 Å². The van der Waals surface area contributed by atoms with Crippen molar-refractivity contribution in [3.05, 3.63) is 187 Å². The number of nitrogens with zero attached hydrogens (tertiary/aromatic N) is 3. The Hall–Kier alpha value is -6.52. The molecule has 0 saturated heterocycles. The zero-order valence-electron chi connectivity index (χ0n) is 27.1. The van der Waals surface area contributed by atoms with Crippen LogP contribution in [0.15, 0.2) is 176 Å². The molecule has 4 nitrogen and oxygen atoms in total. The van der Waals surface area contributed by atoms with E-state index in [4.69, 9.17) is 14.7 Å². The predicted molar refractivity (Wildman–Crippen MR) is 203 cm³/mol. The second-order valence-electron chi connectivity index (χ2n) is 12.9. The van der Waals surface area contributed by atoms with Crippen LogP contribution in [0.25, 0.3) is 66.8 Å². The second-order valence-corrected chi connectivity index (χ2v) is 12.9. The fourth-order valence-electron chi connectivity index (χ4n) is 7.65. The van der Waals surface area contributed by atoms with Crippen LogP contribution in [0.5, 0.6) is 5.75 Å². The van der Waals surface area contributed by atoms with Crippen molar-refractivity contribution in [1.82, 2.24) is 14.5 Å². The summed E-state index contributed by atoms with van der Waals surface area (Å²) in [5.41, 5.74) is 12.0. The van der Waals surface area contributed by atoms with Gasteiger partial charge in [0.25, 0.3) is 0 Å². The van der Waals surface area contributed by atoms with Gasteiger partial charge in [0, 0.05) is 39.2 Å². The van der Waals surface area contributed by atoms with Gasteiger partial charge < -0.3 is 9.30 Å². The molecule has 2 aromatic heterocycles. The summed E-state index contributed by atoms with van der Waals surface area (Å²) in [6.45, 7) is 0. The number of ether oxygens (including phenoxy) is 1. The maximum Gasteiger partial charge on any atom is 0.160 e. The van der Waals surface area contributed by atoms with Crippen LogP contribution in [0.4, 0.5) is 0 Å². The van der Waals surface area contributed by atoms with Crippen LogP contribution >= 0.6 is 0 Å². The van der Waals surface area contributed by atoms with Crippen molar-refractivity contribution < 1.29 is 4.74 Å². The van der Waals surface area contributed by atoms with E-state index in [9.17, 15) is 0 Å². The number of fused-ring (bicyclic) bond motifs is 6. The van der Waals surface area contributed by atoms with Crippen molar-refractivity contribution in [2.75, 3.05) is 0 Å². The molecule has 3 heterocycles. The molecule has 10 rings (SSSR count). The molecular formula is C46H31N3O. The minimum Gasteiger partial charge on any atom is -0.485 e. The first-order valence-corrected chi connectivity index (χ1v) is 17.1. The van der Waals surface area contributed by atoms with Gasteiger partial charge in [-0.05, 0) is 53.1 Å². The van der Waals surface area contributed by atoms with Crippen molar-refractivity contribution in [1.29, 1.82) is 0 Å². The average Bonchev–Trinajstić information content (AvgIpc) is 3.74. The first-order chi connectivity index (χ1) is 24.8. The highest BCUT2D eigenvalue weighted by molar-refractivity contribution is 6.10. The number of benzene rings is 6. The van der Waals surface area contributed by atoms with Crippen molar-refractivity contribution >= 4 is 27.4 Å². The van der Waals surface area contributed by atoms with E-state index in [0.717, 1.165) is 39.5 Å². The van der Waals surface area contributed by atoms with E-state index in [0.29, 0.717) is 5.82 Å². The van der Waals surface area contributed by atoms with E-state index in [1.807, 2.05) is 24.3 Å². The maximum absolute atomic E-state index is 6.75.